The van der Waals surface area contributed by atoms with Gasteiger partial charge in [-0.3, -0.25) is 0 Å². The van der Waals surface area contributed by atoms with Crippen molar-refractivity contribution < 1.29 is 27.8 Å². The number of aliphatic hydroxyl groups excluding tert-OH is 1. The van der Waals surface area contributed by atoms with Gasteiger partial charge in [-0.15, -0.1) is 0 Å². The largest absolute Gasteiger partial charge is 0.475 e. The van der Waals surface area contributed by atoms with E-state index in [0.717, 1.165) is 18.9 Å². The Morgan fingerprint density at radius 2 is 2.10 bits per heavy atom. The average molecular weight is 315 g/mol. The second kappa shape index (κ2) is 4.82. The Kier molecular flexibility index (Phi) is 3.34. The van der Waals surface area contributed by atoms with E-state index in [2.05, 4.69) is 0 Å². The van der Waals surface area contributed by atoms with E-state index in [4.69, 9.17) is 9.52 Å². The van der Waals surface area contributed by atoms with E-state index >= 15 is 0 Å². The Morgan fingerprint density at radius 1 is 1.38 bits per heavy atom. The number of fused-ring (bicyclic) bond motifs is 1. The Hall–Kier alpha value is -1.38. The van der Waals surface area contributed by atoms with Crippen molar-refractivity contribution in [3.8, 4) is 0 Å². The summed E-state index contributed by atoms with van der Waals surface area (Å²) >= 11 is 0. The van der Waals surface area contributed by atoms with Gasteiger partial charge in [-0.25, -0.2) is 13.2 Å². The van der Waals surface area contributed by atoms with Crippen LogP contribution in [0.5, 0.6) is 0 Å². The van der Waals surface area contributed by atoms with Crippen LogP contribution in [0.4, 0.5) is 0 Å². The number of hydrogen-bond donors (Lipinski definition) is 2. The maximum atomic E-state index is 12.6. The van der Waals surface area contributed by atoms with Crippen molar-refractivity contribution in [3.63, 3.8) is 0 Å². The number of aryl methyl sites for hydroxylation is 1. The number of carboxylic acid groups (broad SMARTS) is 1. The molecule has 1 saturated heterocycles. The summed E-state index contributed by atoms with van der Waals surface area (Å²) in [5, 5.41) is 18.8. The quantitative estimate of drug-likeness (QED) is 0.849. The molecule has 116 valence electrons. The van der Waals surface area contributed by atoms with Crippen molar-refractivity contribution in [2.24, 2.45) is 11.8 Å². The van der Waals surface area contributed by atoms with Crippen molar-refractivity contribution in [3.05, 3.63) is 17.6 Å². The maximum absolute atomic E-state index is 12.6. The first-order valence-electron chi connectivity index (χ1n) is 6.82. The molecule has 2 fully saturated rings. The van der Waals surface area contributed by atoms with Gasteiger partial charge in [-0.05, 0) is 25.7 Å². The van der Waals surface area contributed by atoms with Crippen LogP contribution >= 0.6 is 0 Å². The third-order valence-corrected chi connectivity index (χ3v) is 6.43. The molecule has 7 nitrogen and oxygen atoms in total. The number of aliphatic hydroxyl groups is 1. The molecule has 3 rings (SSSR count). The minimum Gasteiger partial charge on any atom is -0.475 e. The van der Waals surface area contributed by atoms with Crippen molar-refractivity contribution in [1.29, 1.82) is 0 Å². The van der Waals surface area contributed by atoms with Crippen molar-refractivity contribution >= 4 is 16.0 Å². The van der Waals surface area contributed by atoms with Crippen LogP contribution in [-0.4, -0.2) is 48.1 Å². The zero-order valence-electron chi connectivity index (χ0n) is 11.5. The van der Waals surface area contributed by atoms with Crippen LogP contribution in [0.25, 0.3) is 0 Å². The van der Waals surface area contributed by atoms with E-state index in [1.807, 2.05) is 0 Å². The van der Waals surface area contributed by atoms with Gasteiger partial charge in [0.2, 0.25) is 15.8 Å². The molecule has 1 aromatic heterocycles. The number of sulfonamides is 1. The molecular weight excluding hydrogens is 298 g/mol. The summed E-state index contributed by atoms with van der Waals surface area (Å²) in [6.07, 6.45) is 1.09. The van der Waals surface area contributed by atoms with Crippen LogP contribution < -0.4 is 0 Å². The Labute approximate surface area is 122 Å². The van der Waals surface area contributed by atoms with Crippen molar-refractivity contribution in [2.45, 2.75) is 30.8 Å². The molecule has 1 aliphatic carbocycles. The highest BCUT2D eigenvalue weighted by molar-refractivity contribution is 7.89. The van der Waals surface area contributed by atoms with Gasteiger partial charge >= 0.3 is 5.97 Å². The van der Waals surface area contributed by atoms with Gasteiger partial charge < -0.3 is 14.6 Å². The molecule has 0 aromatic carbocycles. The summed E-state index contributed by atoms with van der Waals surface area (Å²) in [6, 6.07) is 1.05. The molecule has 0 radical (unpaired) electrons. The highest BCUT2D eigenvalue weighted by Gasteiger charge is 2.46. The highest BCUT2D eigenvalue weighted by atomic mass is 32.2. The predicted octanol–water partition coefficient (Wildman–Crippen LogP) is 0.678. The van der Waals surface area contributed by atoms with Gasteiger partial charge in [-0.1, -0.05) is 0 Å². The molecule has 0 spiro atoms. The van der Waals surface area contributed by atoms with E-state index in [1.54, 1.807) is 0 Å². The van der Waals surface area contributed by atoms with Crippen LogP contribution in [0.1, 0.15) is 29.2 Å². The van der Waals surface area contributed by atoms with Gasteiger partial charge in [-0.2, -0.15) is 4.31 Å². The lowest BCUT2D eigenvalue weighted by Gasteiger charge is -2.17. The molecule has 3 atom stereocenters. The van der Waals surface area contributed by atoms with E-state index < -0.39 is 22.1 Å². The zero-order chi connectivity index (χ0) is 15.4. The number of furan rings is 1. The molecule has 2 heterocycles. The molecule has 1 saturated carbocycles. The minimum absolute atomic E-state index is 0.0223. The Balaban J connectivity index is 1.90. The summed E-state index contributed by atoms with van der Waals surface area (Å²) in [6.45, 7) is 2.09. The number of nitrogens with zero attached hydrogens (tertiary/aromatic N) is 1. The van der Waals surface area contributed by atoms with Gasteiger partial charge in [0.1, 0.15) is 10.7 Å². The SMILES string of the molecule is Cc1oc(C(=O)O)cc1S(=O)(=O)N1CC2CCC(O)C2C1. The lowest BCUT2D eigenvalue weighted by atomic mass is 10.00. The third-order valence-electron chi connectivity index (χ3n) is 4.49. The summed E-state index contributed by atoms with van der Waals surface area (Å²) < 4.78 is 31.6. The van der Waals surface area contributed by atoms with Gasteiger partial charge in [0.25, 0.3) is 0 Å². The molecule has 0 bridgehead atoms. The van der Waals surface area contributed by atoms with E-state index in [1.165, 1.54) is 11.2 Å². The Bertz CT molecular complexity index is 679. The van der Waals surface area contributed by atoms with Crippen LogP contribution in [0, 0.1) is 18.8 Å². The first-order valence-corrected chi connectivity index (χ1v) is 8.26. The highest BCUT2D eigenvalue weighted by Crippen LogP contribution is 2.40. The predicted molar refractivity (Wildman–Crippen MR) is 71.4 cm³/mol. The van der Waals surface area contributed by atoms with Crippen molar-refractivity contribution in [1.82, 2.24) is 4.31 Å². The lowest BCUT2D eigenvalue weighted by molar-refractivity contribution is 0.0661. The molecule has 21 heavy (non-hydrogen) atoms. The maximum Gasteiger partial charge on any atom is 0.371 e. The molecule has 8 heteroatoms. The van der Waals surface area contributed by atoms with Crippen LogP contribution in [0.3, 0.4) is 0 Å². The fourth-order valence-corrected chi connectivity index (χ4v) is 5.05. The Morgan fingerprint density at radius 3 is 2.67 bits per heavy atom. The molecular formula is C13H17NO6S. The second-order valence-corrected chi connectivity index (χ2v) is 7.63. The average Bonchev–Trinajstić information content (AvgIpc) is 3.06. The number of aromatic carboxylic acids is 1. The number of carbonyl (C=O) groups is 1. The van der Waals surface area contributed by atoms with Crippen molar-refractivity contribution in [2.75, 3.05) is 13.1 Å². The molecule has 1 aromatic rings. The molecule has 2 aliphatic rings. The lowest BCUT2D eigenvalue weighted by Crippen LogP contribution is -2.31. The third kappa shape index (κ3) is 2.27. The molecule has 1 aliphatic heterocycles. The molecule has 2 N–H and O–H groups in total. The zero-order valence-corrected chi connectivity index (χ0v) is 12.3. The summed E-state index contributed by atoms with van der Waals surface area (Å²) in [7, 11) is -3.78. The van der Waals surface area contributed by atoms with Gasteiger partial charge in [0.15, 0.2) is 0 Å². The number of rotatable bonds is 3. The van der Waals surface area contributed by atoms with Crippen LogP contribution in [0.15, 0.2) is 15.4 Å². The number of carboxylic acids is 1. The second-order valence-electron chi connectivity index (χ2n) is 5.73. The van der Waals surface area contributed by atoms with E-state index in [9.17, 15) is 18.3 Å². The van der Waals surface area contributed by atoms with Crippen LogP contribution in [-0.2, 0) is 10.0 Å². The van der Waals surface area contributed by atoms with E-state index in [0.29, 0.717) is 6.54 Å². The minimum atomic E-state index is -3.78. The van der Waals surface area contributed by atoms with Gasteiger partial charge in [0, 0.05) is 25.1 Å². The van der Waals surface area contributed by atoms with E-state index in [-0.39, 0.29) is 34.8 Å². The standard InChI is InChI=1S/C13H17NO6S/c1-7-12(4-11(20-7)13(16)17)21(18,19)14-5-8-2-3-10(15)9(8)6-14/h4,8-10,15H,2-3,5-6H2,1H3,(H,16,17). The molecule has 0 amide bonds. The smallest absolute Gasteiger partial charge is 0.371 e. The fraction of sp³-hybridized carbons (Fsp3) is 0.615. The first-order chi connectivity index (χ1) is 9.80. The normalized spacial score (nSPS) is 29.7. The van der Waals surface area contributed by atoms with Crippen LogP contribution in [0.2, 0.25) is 0 Å². The molecule has 3 unspecified atom stereocenters. The summed E-state index contributed by atoms with van der Waals surface area (Å²) in [5.74, 6) is -1.45. The number of hydrogen-bond acceptors (Lipinski definition) is 5. The monoisotopic (exact) mass is 315 g/mol. The van der Waals surface area contributed by atoms with Gasteiger partial charge in [0.05, 0.1) is 6.10 Å². The topological polar surface area (TPSA) is 108 Å². The summed E-state index contributed by atoms with van der Waals surface area (Å²) in [4.78, 5) is 10.8. The fourth-order valence-electron chi connectivity index (χ4n) is 3.36. The summed E-state index contributed by atoms with van der Waals surface area (Å²) in [5.41, 5.74) is 0. The first kappa shape index (κ1) is 14.6.